The molecule has 0 unspecified atom stereocenters. The topological polar surface area (TPSA) is 84.9 Å². The zero-order valence-electron chi connectivity index (χ0n) is 16.4. The number of carbonyl (C=O) groups excluding carboxylic acids is 3. The first-order valence-corrected chi connectivity index (χ1v) is 10.1. The number of halogens is 1. The van der Waals surface area contributed by atoms with Gasteiger partial charge in [0.25, 0.3) is 5.91 Å². The first kappa shape index (κ1) is 21.6. The molecule has 2 aromatic rings. The molecule has 1 fully saturated rings. The SMILES string of the molecule is COc1ccc(Br)cc1/C=C/C(=O)OCC(=O)Nc1cccc(N2CCCC2=O)c1. The van der Waals surface area contributed by atoms with E-state index >= 15 is 0 Å². The lowest BCUT2D eigenvalue weighted by Crippen LogP contribution is -2.24. The average Bonchev–Trinajstić information content (AvgIpc) is 3.17. The fraction of sp³-hybridized carbons (Fsp3) is 0.227. The number of nitrogens with one attached hydrogen (secondary N) is 1. The number of hydrogen-bond donors (Lipinski definition) is 1. The summed E-state index contributed by atoms with van der Waals surface area (Å²) in [5.41, 5.74) is 1.96. The summed E-state index contributed by atoms with van der Waals surface area (Å²) in [5, 5.41) is 2.67. The first-order valence-electron chi connectivity index (χ1n) is 9.35. The fourth-order valence-corrected chi connectivity index (χ4v) is 3.43. The van der Waals surface area contributed by atoms with Crippen molar-refractivity contribution in [3.05, 3.63) is 58.6 Å². The van der Waals surface area contributed by atoms with E-state index in [0.29, 0.717) is 30.0 Å². The predicted octanol–water partition coefficient (Wildman–Crippen LogP) is 3.78. The first-order chi connectivity index (χ1) is 14.5. The minimum Gasteiger partial charge on any atom is -0.496 e. The van der Waals surface area contributed by atoms with Crippen LogP contribution in [0.15, 0.2) is 53.0 Å². The van der Waals surface area contributed by atoms with Crippen molar-refractivity contribution in [3.63, 3.8) is 0 Å². The van der Waals surface area contributed by atoms with E-state index in [4.69, 9.17) is 9.47 Å². The average molecular weight is 473 g/mol. The molecule has 2 amide bonds. The van der Waals surface area contributed by atoms with Crippen LogP contribution >= 0.6 is 15.9 Å². The Labute approximate surface area is 182 Å². The predicted molar refractivity (Wildman–Crippen MR) is 117 cm³/mol. The van der Waals surface area contributed by atoms with Gasteiger partial charge in [-0.05, 0) is 48.9 Å². The molecule has 8 heteroatoms. The Balaban J connectivity index is 1.53. The maximum atomic E-state index is 12.1. The maximum Gasteiger partial charge on any atom is 0.331 e. The van der Waals surface area contributed by atoms with Gasteiger partial charge in [-0.3, -0.25) is 9.59 Å². The molecule has 0 atom stereocenters. The van der Waals surface area contributed by atoms with Crippen LogP contribution in [0.5, 0.6) is 5.75 Å². The monoisotopic (exact) mass is 472 g/mol. The van der Waals surface area contributed by atoms with Crippen LogP contribution in [-0.2, 0) is 19.1 Å². The van der Waals surface area contributed by atoms with Crippen LogP contribution in [0.3, 0.4) is 0 Å². The molecule has 0 aromatic heterocycles. The number of methoxy groups -OCH3 is 1. The second kappa shape index (κ2) is 10.1. The lowest BCUT2D eigenvalue weighted by Gasteiger charge is -2.16. The second-order valence-electron chi connectivity index (χ2n) is 6.57. The highest BCUT2D eigenvalue weighted by Gasteiger charge is 2.21. The zero-order valence-corrected chi connectivity index (χ0v) is 18.0. The zero-order chi connectivity index (χ0) is 21.5. The summed E-state index contributed by atoms with van der Waals surface area (Å²) in [6.45, 7) is 0.245. The number of benzene rings is 2. The molecule has 30 heavy (non-hydrogen) atoms. The molecule has 0 aliphatic carbocycles. The molecule has 1 heterocycles. The van der Waals surface area contributed by atoms with Gasteiger partial charge >= 0.3 is 5.97 Å². The smallest absolute Gasteiger partial charge is 0.331 e. The van der Waals surface area contributed by atoms with E-state index in [1.165, 1.54) is 13.2 Å². The van der Waals surface area contributed by atoms with Crippen LogP contribution in [0.2, 0.25) is 0 Å². The van der Waals surface area contributed by atoms with E-state index in [1.54, 1.807) is 41.3 Å². The molecule has 2 aromatic carbocycles. The molecule has 0 radical (unpaired) electrons. The Hall–Kier alpha value is -3.13. The van der Waals surface area contributed by atoms with Gasteiger partial charge in [0.1, 0.15) is 5.75 Å². The Morgan fingerprint density at radius 2 is 2.07 bits per heavy atom. The van der Waals surface area contributed by atoms with Crippen molar-refractivity contribution < 1.29 is 23.9 Å². The van der Waals surface area contributed by atoms with Crippen molar-refractivity contribution in [1.29, 1.82) is 0 Å². The van der Waals surface area contributed by atoms with Crippen LogP contribution in [0.25, 0.3) is 6.08 Å². The molecule has 1 aliphatic rings. The summed E-state index contributed by atoms with van der Waals surface area (Å²) in [4.78, 5) is 37.6. The molecule has 7 nitrogen and oxygen atoms in total. The van der Waals surface area contributed by atoms with E-state index < -0.39 is 18.5 Å². The summed E-state index contributed by atoms with van der Waals surface area (Å²) in [7, 11) is 1.54. The van der Waals surface area contributed by atoms with E-state index in [0.717, 1.165) is 16.6 Å². The Kier molecular flexibility index (Phi) is 7.24. The lowest BCUT2D eigenvalue weighted by molar-refractivity contribution is -0.142. The van der Waals surface area contributed by atoms with Crippen molar-refractivity contribution in [2.24, 2.45) is 0 Å². The number of esters is 1. The normalized spacial score (nSPS) is 13.5. The highest BCUT2D eigenvalue weighted by atomic mass is 79.9. The van der Waals surface area contributed by atoms with Gasteiger partial charge in [-0.15, -0.1) is 0 Å². The number of ether oxygens (including phenoxy) is 2. The van der Waals surface area contributed by atoms with Crippen molar-refractivity contribution in [3.8, 4) is 5.75 Å². The van der Waals surface area contributed by atoms with E-state index in [9.17, 15) is 14.4 Å². The van der Waals surface area contributed by atoms with Gasteiger partial charge in [0, 0.05) is 40.5 Å². The quantitative estimate of drug-likeness (QED) is 0.489. The Morgan fingerprint density at radius 3 is 2.80 bits per heavy atom. The third kappa shape index (κ3) is 5.70. The van der Waals surface area contributed by atoms with Gasteiger partial charge in [0.2, 0.25) is 5.91 Å². The van der Waals surface area contributed by atoms with Crippen molar-refractivity contribution >= 4 is 51.2 Å². The van der Waals surface area contributed by atoms with Crippen LogP contribution in [-0.4, -0.2) is 38.0 Å². The number of amides is 2. The molecule has 0 spiro atoms. The summed E-state index contributed by atoms with van der Waals surface area (Å²) in [6, 6.07) is 12.4. The van der Waals surface area contributed by atoms with Crippen molar-refractivity contribution in [2.75, 3.05) is 30.5 Å². The van der Waals surface area contributed by atoms with Crippen LogP contribution < -0.4 is 15.0 Å². The largest absolute Gasteiger partial charge is 0.496 e. The van der Waals surface area contributed by atoms with Crippen LogP contribution in [0, 0.1) is 0 Å². The molecule has 1 aliphatic heterocycles. The summed E-state index contributed by atoms with van der Waals surface area (Å²) in [5.74, 6) is -0.442. The van der Waals surface area contributed by atoms with Crippen molar-refractivity contribution in [1.82, 2.24) is 0 Å². The van der Waals surface area contributed by atoms with E-state index in [-0.39, 0.29) is 5.91 Å². The summed E-state index contributed by atoms with van der Waals surface area (Å²) in [6.07, 6.45) is 4.15. The highest BCUT2D eigenvalue weighted by molar-refractivity contribution is 9.10. The van der Waals surface area contributed by atoms with Gasteiger partial charge < -0.3 is 19.7 Å². The Morgan fingerprint density at radius 1 is 1.23 bits per heavy atom. The van der Waals surface area contributed by atoms with Gasteiger partial charge in [-0.1, -0.05) is 22.0 Å². The molecule has 0 bridgehead atoms. The molecule has 1 saturated heterocycles. The van der Waals surface area contributed by atoms with E-state index in [1.807, 2.05) is 12.1 Å². The molecule has 0 saturated carbocycles. The molecule has 156 valence electrons. The number of anilines is 2. The van der Waals surface area contributed by atoms with E-state index in [2.05, 4.69) is 21.2 Å². The minimum atomic E-state index is -0.649. The number of carbonyl (C=O) groups is 3. The molecule has 1 N–H and O–H groups in total. The Bertz CT molecular complexity index is 989. The number of hydrogen-bond acceptors (Lipinski definition) is 5. The van der Waals surface area contributed by atoms with Crippen molar-refractivity contribution in [2.45, 2.75) is 12.8 Å². The fourth-order valence-electron chi connectivity index (χ4n) is 3.05. The van der Waals surface area contributed by atoms with Crippen LogP contribution in [0.4, 0.5) is 11.4 Å². The van der Waals surface area contributed by atoms with Gasteiger partial charge in [0.15, 0.2) is 6.61 Å². The van der Waals surface area contributed by atoms with Crippen LogP contribution in [0.1, 0.15) is 18.4 Å². The van der Waals surface area contributed by atoms with Gasteiger partial charge in [-0.2, -0.15) is 0 Å². The number of rotatable bonds is 7. The minimum absolute atomic E-state index is 0.0706. The third-order valence-electron chi connectivity index (χ3n) is 4.45. The van der Waals surface area contributed by atoms with Gasteiger partial charge in [0.05, 0.1) is 7.11 Å². The standard InChI is InChI=1S/C22H21BrN2O5/c1-29-19-9-8-16(23)12-15(19)7-10-22(28)30-14-20(26)24-17-4-2-5-18(13-17)25-11-3-6-21(25)27/h2,4-5,7-10,12-13H,3,6,11,14H2,1H3,(H,24,26)/b10-7+. The summed E-state index contributed by atoms with van der Waals surface area (Å²) >= 11 is 3.36. The van der Waals surface area contributed by atoms with Gasteiger partial charge in [-0.25, -0.2) is 4.79 Å². The number of nitrogens with zero attached hydrogens (tertiary/aromatic N) is 1. The lowest BCUT2D eigenvalue weighted by atomic mass is 10.2. The molecular formula is C22H21BrN2O5. The molecular weight excluding hydrogens is 452 g/mol. The summed E-state index contributed by atoms with van der Waals surface area (Å²) < 4.78 is 11.1. The highest BCUT2D eigenvalue weighted by Crippen LogP contribution is 2.25. The second-order valence-corrected chi connectivity index (χ2v) is 7.49. The molecule has 3 rings (SSSR count). The maximum absolute atomic E-state index is 12.1. The third-order valence-corrected chi connectivity index (χ3v) is 4.94.